The summed E-state index contributed by atoms with van der Waals surface area (Å²) in [5.41, 5.74) is 7.99. The van der Waals surface area contributed by atoms with Gasteiger partial charge in [0.1, 0.15) is 0 Å². The monoisotopic (exact) mass is 276 g/mol. The van der Waals surface area contributed by atoms with Crippen molar-refractivity contribution in [3.8, 4) is 0 Å². The Kier molecular flexibility index (Phi) is 4.87. The molecule has 0 unspecified atom stereocenters. The predicted octanol–water partition coefficient (Wildman–Crippen LogP) is 2.24. The third-order valence-corrected chi connectivity index (χ3v) is 4.28. The van der Waals surface area contributed by atoms with Gasteiger partial charge in [-0.05, 0) is 18.6 Å². The largest absolute Gasteiger partial charge is 0.351 e. The summed E-state index contributed by atoms with van der Waals surface area (Å²) in [6.45, 7) is 3.61. The maximum absolute atomic E-state index is 5.75. The quantitative estimate of drug-likeness (QED) is 0.879. The lowest BCUT2D eigenvalue weighted by molar-refractivity contribution is 0.843. The highest BCUT2D eigenvalue weighted by Gasteiger charge is 2.11. The van der Waals surface area contributed by atoms with Crippen LogP contribution in [0.15, 0.2) is 24.4 Å². The molecule has 2 rings (SSSR count). The molecule has 0 fully saturated rings. The van der Waals surface area contributed by atoms with E-state index in [-0.39, 0.29) is 0 Å². The van der Waals surface area contributed by atoms with E-state index in [2.05, 4.69) is 34.9 Å². The van der Waals surface area contributed by atoms with Crippen LogP contribution >= 0.6 is 11.3 Å². The van der Waals surface area contributed by atoms with Crippen molar-refractivity contribution in [1.82, 2.24) is 9.97 Å². The highest BCUT2D eigenvalue weighted by atomic mass is 32.1. The van der Waals surface area contributed by atoms with Gasteiger partial charge in [0.15, 0.2) is 5.13 Å². The second kappa shape index (κ2) is 6.63. The van der Waals surface area contributed by atoms with Gasteiger partial charge in [-0.25, -0.2) is 4.98 Å². The maximum Gasteiger partial charge on any atom is 0.185 e. The van der Waals surface area contributed by atoms with Crippen LogP contribution in [-0.2, 0) is 19.4 Å². The number of aromatic nitrogens is 2. The summed E-state index contributed by atoms with van der Waals surface area (Å²) in [6.07, 6.45) is 3.70. The van der Waals surface area contributed by atoms with Crippen LogP contribution in [0, 0.1) is 0 Å². The lowest BCUT2D eigenvalue weighted by atomic mass is 10.2. The van der Waals surface area contributed by atoms with Gasteiger partial charge in [0.05, 0.1) is 5.69 Å². The Hall–Kier alpha value is -1.46. The average molecular weight is 276 g/mol. The van der Waals surface area contributed by atoms with E-state index in [1.807, 2.05) is 18.3 Å². The fourth-order valence-electron chi connectivity index (χ4n) is 1.89. The minimum Gasteiger partial charge on any atom is -0.351 e. The number of anilines is 1. The number of hydrogen-bond donors (Lipinski definition) is 1. The fourth-order valence-corrected chi connectivity index (χ4v) is 2.91. The number of nitrogens with two attached hydrogens (primary N) is 1. The molecular weight excluding hydrogens is 256 g/mol. The lowest BCUT2D eigenvalue weighted by Crippen LogP contribution is -2.20. The smallest absolute Gasteiger partial charge is 0.185 e. The van der Waals surface area contributed by atoms with Crippen molar-refractivity contribution in [1.29, 1.82) is 0 Å². The zero-order valence-electron chi connectivity index (χ0n) is 11.5. The third-order valence-electron chi connectivity index (χ3n) is 3.04. The molecule has 0 bridgehead atoms. The Labute approximate surface area is 118 Å². The molecule has 2 heterocycles. The Morgan fingerprint density at radius 1 is 1.37 bits per heavy atom. The molecule has 5 heteroatoms. The van der Waals surface area contributed by atoms with E-state index in [4.69, 9.17) is 5.73 Å². The Morgan fingerprint density at radius 3 is 2.79 bits per heavy atom. The van der Waals surface area contributed by atoms with Crippen molar-refractivity contribution < 1.29 is 0 Å². The summed E-state index contributed by atoms with van der Waals surface area (Å²) >= 11 is 1.70. The Balaban J connectivity index is 1.99. The first kappa shape index (κ1) is 14.0. The minimum absolute atomic E-state index is 0.578. The number of pyridine rings is 1. The highest BCUT2D eigenvalue weighted by molar-refractivity contribution is 7.15. The molecule has 19 heavy (non-hydrogen) atoms. The van der Waals surface area contributed by atoms with Crippen LogP contribution in [0.1, 0.15) is 23.2 Å². The summed E-state index contributed by atoms with van der Waals surface area (Å²) in [6, 6.07) is 6.01. The standard InChI is InChI=1S/C14H20N4S/c1-3-12-13(10-15)19-14(17-12)18(2)9-7-11-6-4-5-8-16-11/h4-6,8H,3,7,9-10,15H2,1-2H3. The van der Waals surface area contributed by atoms with Gasteiger partial charge in [-0.3, -0.25) is 4.98 Å². The SMILES string of the molecule is CCc1nc(N(C)CCc2ccccn2)sc1CN. The third kappa shape index (κ3) is 3.52. The van der Waals surface area contributed by atoms with Gasteiger partial charge < -0.3 is 10.6 Å². The van der Waals surface area contributed by atoms with Gasteiger partial charge in [-0.1, -0.05) is 13.0 Å². The Morgan fingerprint density at radius 2 is 2.21 bits per heavy atom. The first-order valence-electron chi connectivity index (χ1n) is 6.54. The van der Waals surface area contributed by atoms with Crippen LogP contribution in [0.25, 0.3) is 0 Å². The molecule has 0 spiro atoms. The molecule has 0 aliphatic heterocycles. The average Bonchev–Trinajstić information content (AvgIpc) is 2.89. The van der Waals surface area contributed by atoms with Crippen LogP contribution in [0.4, 0.5) is 5.13 Å². The zero-order valence-corrected chi connectivity index (χ0v) is 12.3. The summed E-state index contributed by atoms with van der Waals surface area (Å²) in [4.78, 5) is 12.4. The number of rotatable bonds is 6. The summed E-state index contributed by atoms with van der Waals surface area (Å²) in [5.74, 6) is 0. The molecule has 2 N–H and O–H groups in total. The topological polar surface area (TPSA) is 55.0 Å². The Bertz CT molecular complexity index is 488. The molecular formula is C14H20N4S. The van der Waals surface area contributed by atoms with Crippen molar-refractivity contribution in [2.75, 3.05) is 18.5 Å². The molecule has 0 saturated carbocycles. The van der Waals surface area contributed by atoms with E-state index in [1.54, 1.807) is 11.3 Å². The van der Waals surface area contributed by atoms with E-state index >= 15 is 0 Å². The van der Waals surface area contributed by atoms with Crippen LogP contribution in [0.2, 0.25) is 0 Å². The molecule has 0 aliphatic rings. The maximum atomic E-state index is 5.75. The molecule has 0 saturated heterocycles. The zero-order chi connectivity index (χ0) is 13.7. The van der Waals surface area contributed by atoms with Crippen LogP contribution in [0.3, 0.4) is 0 Å². The molecule has 102 valence electrons. The lowest BCUT2D eigenvalue weighted by Gasteiger charge is -2.15. The van der Waals surface area contributed by atoms with Gasteiger partial charge in [0, 0.05) is 43.3 Å². The van der Waals surface area contributed by atoms with Crippen LogP contribution in [-0.4, -0.2) is 23.6 Å². The molecule has 0 aliphatic carbocycles. The number of nitrogens with zero attached hydrogens (tertiary/aromatic N) is 3. The molecule has 2 aromatic rings. The molecule has 2 aromatic heterocycles. The predicted molar refractivity (Wildman–Crippen MR) is 80.6 cm³/mol. The number of hydrogen-bond acceptors (Lipinski definition) is 5. The van der Waals surface area contributed by atoms with Gasteiger partial charge in [-0.2, -0.15) is 0 Å². The van der Waals surface area contributed by atoms with E-state index in [9.17, 15) is 0 Å². The van der Waals surface area contributed by atoms with Gasteiger partial charge in [0.25, 0.3) is 0 Å². The molecule has 0 radical (unpaired) electrons. The number of aryl methyl sites for hydroxylation is 1. The van der Waals surface area contributed by atoms with Crippen LogP contribution in [0.5, 0.6) is 0 Å². The molecule has 0 aromatic carbocycles. The van der Waals surface area contributed by atoms with Gasteiger partial charge in [-0.15, -0.1) is 11.3 Å². The van der Waals surface area contributed by atoms with Crippen molar-refractivity contribution in [2.45, 2.75) is 26.3 Å². The van der Waals surface area contributed by atoms with Crippen LogP contribution < -0.4 is 10.6 Å². The van der Waals surface area contributed by atoms with Crippen molar-refractivity contribution >= 4 is 16.5 Å². The number of thiazole rings is 1. The summed E-state index contributed by atoms with van der Waals surface area (Å²) in [5, 5.41) is 1.05. The summed E-state index contributed by atoms with van der Waals surface area (Å²) < 4.78 is 0. The van der Waals surface area contributed by atoms with E-state index in [1.165, 1.54) is 4.88 Å². The van der Waals surface area contributed by atoms with E-state index in [0.29, 0.717) is 6.54 Å². The van der Waals surface area contributed by atoms with Crippen molar-refractivity contribution in [3.63, 3.8) is 0 Å². The van der Waals surface area contributed by atoms with Gasteiger partial charge in [0.2, 0.25) is 0 Å². The second-order valence-electron chi connectivity index (χ2n) is 4.42. The van der Waals surface area contributed by atoms with Crippen molar-refractivity contribution in [3.05, 3.63) is 40.7 Å². The fraction of sp³-hybridized carbons (Fsp3) is 0.429. The first-order valence-corrected chi connectivity index (χ1v) is 7.36. The van der Waals surface area contributed by atoms with Crippen molar-refractivity contribution in [2.24, 2.45) is 5.73 Å². The normalized spacial score (nSPS) is 10.7. The minimum atomic E-state index is 0.578. The number of likely N-dealkylation sites (N-methyl/N-ethyl adjacent to an activating group) is 1. The highest BCUT2D eigenvalue weighted by Crippen LogP contribution is 2.25. The van der Waals surface area contributed by atoms with E-state index in [0.717, 1.165) is 35.9 Å². The first-order chi connectivity index (χ1) is 9.24. The molecule has 4 nitrogen and oxygen atoms in total. The summed E-state index contributed by atoms with van der Waals surface area (Å²) in [7, 11) is 2.07. The molecule has 0 atom stereocenters. The molecule has 0 amide bonds. The van der Waals surface area contributed by atoms with Gasteiger partial charge >= 0.3 is 0 Å². The second-order valence-corrected chi connectivity index (χ2v) is 5.48. The van der Waals surface area contributed by atoms with E-state index < -0.39 is 0 Å².